The van der Waals surface area contributed by atoms with Crippen LogP contribution in [0.25, 0.3) is 0 Å². The molecule has 1 aliphatic heterocycles. The first-order valence-corrected chi connectivity index (χ1v) is 8.96. The van der Waals surface area contributed by atoms with Gasteiger partial charge in [-0.1, -0.05) is 17.7 Å². The summed E-state index contributed by atoms with van der Waals surface area (Å²) in [6.45, 7) is 4.12. The fourth-order valence-electron chi connectivity index (χ4n) is 2.48. The zero-order chi connectivity index (χ0) is 14.8. The molecule has 4 nitrogen and oxygen atoms in total. The minimum absolute atomic E-state index is 0.253. The minimum Gasteiger partial charge on any atom is -0.378 e. The van der Waals surface area contributed by atoms with Gasteiger partial charge in [-0.3, -0.25) is 0 Å². The molecule has 2 atom stereocenters. The predicted molar refractivity (Wildman–Crippen MR) is 79.8 cm³/mol. The van der Waals surface area contributed by atoms with E-state index in [1.807, 2.05) is 0 Å². The predicted octanol–water partition coefficient (Wildman–Crippen LogP) is 2.26. The Morgan fingerprint density at radius 2 is 2.20 bits per heavy atom. The highest BCUT2D eigenvalue weighted by Crippen LogP contribution is 2.24. The first-order valence-electron chi connectivity index (χ1n) is 6.69. The van der Waals surface area contributed by atoms with Crippen LogP contribution < -0.4 is 5.32 Å². The molecule has 1 N–H and O–H groups in total. The van der Waals surface area contributed by atoms with Gasteiger partial charge in [-0.2, -0.15) is 0 Å². The van der Waals surface area contributed by atoms with Crippen LogP contribution in [0.5, 0.6) is 0 Å². The molecule has 0 radical (unpaired) electrons. The smallest absolute Gasteiger partial charge is 0.175 e. The third kappa shape index (κ3) is 3.73. The van der Waals surface area contributed by atoms with Gasteiger partial charge < -0.3 is 10.1 Å². The van der Waals surface area contributed by atoms with Gasteiger partial charge in [-0.05, 0) is 31.4 Å². The van der Waals surface area contributed by atoms with Gasteiger partial charge in [0.1, 0.15) is 0 Å². The second-order valence-corrected chi connectivity index (χ2v) is 7.64. The maximum absolute atomic E-state index is 11.8. The third-order valence-corrected chi connectivity index (χ3v) is 5.25. The number of sulfone groups is 1. The highest BCUT2D eigenvalue weighted by molar-refractivity contribution is 7.90. The van der Waals surface area contributed by atoms with E-state index < -0.39 is 9.84 Å². The molecule has 2 unspecified atom stereocenters. The molecule has 0 aromatic heterocycles. The molecule has 20 heavy (non-hydrogen) atoms. The standard InChI is InChI=1S/C14H20ClNO3S/c1-10-11(6-7-19-10)8-16-9-12-13(15)4-3-5-14(12)20(2,17)18/h3-5,10-11,16H,6-9H2,1-2H3. The lowest BCUT2D eigenvalue weighted by Gasteiger charge is -2.16. The molecule has 1 heterocycles. The molecule has 112 valence electrons. The normalized spacial score (nSPS) is 23.1. The van der Waals surface area contributed by atoms with Gasteiger partial charge >= 0.3 is 0 Å². The highest BCUT2D eigenvalue weighted by Gasteiger charge is 2.24. The molecule has 0 spiro atoms. The Morgan fingerprint density at radius 1 is 1.45 bits per heavy atom. The zero-order valence-electron chi connectivity index (χ0n) is 11.7. The third-order valence-electron chi connectivity index (χ3n) is 3.72. The van der Waals surface area contributed by atoms with Crippen molar-refractivity contribution in [1.29, 1.82) is 0 Å². The summed E-state index contributed by atoms with van der Waals surface area (Å²) < 4.78 is 29.0. The second-order valence-electron chi connectivity index (χ2n) is 5.24. The topological polar surface area (TPSA) is 55.4 Å². The summed E-state index contributed by atoms with van der Waals surface area (Å²) in [6.07, 6.45) is 2.49. The van der Waals surface area contributed by atoms with Crippen molar-refractivity contribution in [1.82, 2.24) is 5.32 Å². The van der Waals surface area contributed by atoms with E-state index in [9.17, 15) is 8.42 Å². The molecule has 1 aliphatic rings. The van der Waals surface area contributed by atoms with Crippen molar-refractivity contribution in [2.24, 2.45) is 5.92 Å². The summed E-state index contributed by atoms with van der Waals surface area (Å²) in [5, 5.41) is 3.78. The van der Waals surface area contributed by atoms with Gasteiger partial charge in [-0.15, -0.1) is 0 Å². The number of benzene rings is 1. The average Bonchev–Trinajstić information content (AvgIpc) is 2.76. The fraction of sp³-hybridized carbons (Fsp3) is 0.571. The lowest BCUT2D eigenvalue weighted by Crippen LogP contribution is -2.27. The van der Waals surface area contributed by atoms with Crippen molar-refractivity contribution in [2.45, 2.75) is 30.9 Å². The van der Waals surface area contributed by atoms with E-state index in [2.05, 4.69) is 12.2 Å². The summed E-state index contributed by atoms with van der Waals surface area (Å²) in [5.74, 6) is 0.471. The van der Waals surface area contributed by atoms with Crippen molar-refractivity contribution in [3.63, 3.8) is 0 Å². The van der Waals surface area contributed by atoms with E-state index in [0.717, 1.165) is 19.6 Å². The van der Waals surface area contributed by atoms with Crippen molar-refractivity contribution in [2.75, 3.05) is 19.4 Å². The molecule has 0 saturated carbocycles. The van der Waals surface area contributed by atoms with Crippen LogP contribution in [-0.4, -0.2) is 33.9 Å². The molecular weight excluding hydrogens is 298 g/mol. The van der Waals surface area contributed by atoms with Gasteiger partial charge in [0, 0.05) is 36.5 Å². The Kier molecular flexibility index (Phi) is 5.07. The largest absolute Gasteiger partial charge is 0.378 e. The lowest BCUT2D eigenvalue weighted by molar-refractivity contribution is 0.105. The van der Waals surface area contributed by atoms with Crippen LogP contribution in [0, 0.1) is 5.92 Å². The lowest BCUT2D eigenvalue weighted by atomic mass is 10.0. The number of halogens is 1. The molecule has 0 aliphatic carbocycles. The van der Waals surface area contributed by atoms with Crippen molar-refractivity contribution in [3.8, 4) is 0 Å². The summed E-state index contributed by atoms with van der Waals surface area (Å²) in [4.78, 5) is 0.299. The van der Waals surface area contributed by atoms with Crippen LogP contribution in [0.4, 0.5) is 0 Å². The van der Waals surface area contributed by atoms with Crippen molar-refractivity contribution in [3.05, 3.63) is 28.8 Å². The quantitative estimate of drug-likeness (QED) is 0.905. The summed E-state index contributed by atoms with van der Waals surface area (Å²) in [5.41, 5.74) is 0.642. The fourth-order valence-corrected chi connectivity index (χ4v) is 3.74. The Balaban J connectivity index is 2.06. The molecule has 0 bridgehead atoms. The molecule has 1 fully saturated rings. The maximum atomic E-state index is 11.8. The second kappa shape index (κ2) is 6.43. The molecule has 1 aromatic carbocycles. The monoisotopic (exact) mass is 317 g/mol. The zero-order valence-corrected chi connectivity index (χ0v) is 13.3. The SMILES string of the molecule is CC1OCCC1CNCc1c(Cl)cccc1S(C)(=O)=O. The maximum Gasteiger partial charge on any atom is 0.175 e. The van der Waals surface area contributed by atoms with Crippen LogP contribution in [0.1, 0.15) is 18.9 Å². The van der Waals surface area contributed by atoms with E-state index in [4.69, 9.17) is 16.3 Å². The number of nitrogens with one attached hydrogen (secondary N) is 1. The first-order chi connectivity index (χ1) is 9.39. The molecule has 6 heteroatoms. The van der Waals surface area contributed by atoms with Crippen LogP contribution in [0.15, 0.2) is 23.1 Å². The summed E-state index contributed by atoms with van der Waals surface area (Å²) >= 11 is 6.13. The van der Waals surface area contributed by atoms with E-state index in [1.165, 1.54) is 6.26 Å². The summed E-state index contributed by atoms with van der Waals surface area (Å²) in [7, 11) is -3.27. The Hall–Kier alpha value is -0.620. The first kappa shape index (κ1) is 15.8. The number of ether oxygens (including phenoxy) is 1. The van der Waals surface area contributed by atoms with Crippen molar-refractivity contribution >= 4 is 21.4 Å². The van der Waals surface area contributed by atoms with E-state index in [0.29, 0.717) is 27.9 Å². The van der Waals surface area contributed by atoms with Gasteiger partial charge in [-0.25, -0.2) is 8.42 Å². The van der Waals surface area contributed by atoms with Gasteiger partial charge in [0.05, 0.1) is 11.0 Å². The number of rotatable bonds is 5. The van der Waals surface area contributed by atoms with Crippen LogP contribution >= 0.6 is 11.6 Å². The van der Waals surface area contributed by atoms with Gasteiger partial charge in [0.15, 0.2) is 9.84 Å². The van der Waals surface area contributed by atoms with Gasteiger partial charge in [0.2, 0.25) is 0 Å². The molecule has 2 rings (SSSR count). The van der Waals surface area contributed by atoms with E-state index in [-0.39, 0.29) is 6.10 Å². The van der Waals surface area contributed by atoms with E-state index >= 15 is 0 Å². The Bertz CT molecular complexity index is 574. The highest BCUT2D eigenvalue weighted by atomic mass is 35.5. The number of hydrogen-bond donors (Lipinski definition) is 1. The Morgan fingerprint density at radius 3 is 2.80 bits per heavy atom. The molecular formula is C14H20ClNO3S. The average molecular weight is 318 g/mol. The molecule has 1 aromatic rings. The Labute approximate surface area is 125 Å². The van der Waals surface area contributed by atoms with Crippen LogP contribution in [0.3, 0.4) is 0 Å². The van der Waals surface area contributed by atoms with Crippen molar-refractivity contribution < 1.29 is 13.2 Å². The summed E-state index contributed by atoms with van der Waals surface area (Å²) in [6, 6.07) is 4.98. The molecule has 1 saturated heterocycles. The van der Waals surface area contributed by atoms with E-state index in [1.54, 1.807) is 18.2 Å². The van der Waals surface area contributed by atoms with Crippen LogP contribution in [-0.2, 0) is 21.1 Å². The minimum atomic E-state index is -3.27. The van der Waals surface area contributed by atoms with Crippen LogP contribution in [0.2, 0.25) is 5.02 Å². The number of hydrogen-bond acceptors (Lipinski definition) is 4. The van der Waals surface area contributed by atoms with Gasteiger partial charge in [0.25, 0.3) is 0 Å². The molecule has 0 amide bonds.